The van der Waals surface area contributed by atoms with Gasteiger partial charge in [0.1, 0.15) is 4.90 Å². The molecule has 18 heavy (non-hydrogen) atoms. The van der Waals surface area contributed by atoms with Crippen LogP contribution in [0.5, 0.6) is 0 Å². The van der Waals surface area contributed by atoms with Crippen LogP contribution in [-0.2, 0) is 17.1 Å². The van der Waals surface area contributed by atoms with Gasteiger partial charge in [-0.2, -0.15) is 5.10 Å². The standard InChI is InChI=1S/C10H21N5O2S/c1-4-15(5-2)7-6-12-18(16,17)9-8-14(3)13-10(9)11/h8,12H,4-7H2,1-3H3,(H2,11,13). The Balaban J connectivity index is 2.63. The summed E-state index contributed by atoms with van der Waals surface area (Å²) < 4.78 is 27.8. The number of hydrogen-bond acceptors (Lipinski definition) is 5. The topological polar surface area (TPSA) is 93.2 Å². The van der Waals surface area contributed by atoms with Crippen LogP contribution in [0.15, 0.2) is 11.1 Å². The lowest BCUT2D eigenvalue weighted by atomic mass is 10.5. The summed E-state index contributed by atoms with van der Waals surface area (Å²) in [6.45, 7) is 6.90. The Morgan fingerprint density at radius 3 is 2.50 bits per heavy atom. The quantitative estimate of drug-likeness (QED) is 0.707. The maximum Gasteiger partial charge on any atom is 0.245 e. The van der Waals surface area contributed by atoms with Crippen molar-refractivity contribution in [2.45, 2.75) is 18.7 Å². The van der Waals surface area contributed by atoms with E-state index < -0.39 is 10.0 Å². The predicted molar refractivity (Wildman–Crippen MR) is 70.6 cm³/mol. The van der Waals surface area contributed by atoms with E-state index >= 15 is 0 Å². The molecule has 3 N–H and O–H groups in total. The lowest BCUT2D eigenvalue weighted by molar-refractivity contribution is 0.309. The first-order chi connectivity index (χ1) is 8.40. The zero-order chi connectivity index (χ0) is 13.8. The largest absolute Gasteiger partial charge is 0.381 e. The van der Waals surface area contributed by atoms with E-state index in [-0.39, 0.29) is 10.7 Å². The third kappa shape index (κ3) is 3.69. The van der Waals surface area contributed by atoms with Crippen LogP contribution < -0.4 is 10.5 Å². The van der Waals surface area contributed by atoms with Crippen molar-refractivity contribution in [3.05, 3.63) is 6.20 Å². The van der Waals surface area contributed by atoms with Gasteiger partial charge >= 0.3 is 0 Å². The number of likely N-dealkylation sites (N-methyl/N-ethyl adjacent to an activating group) is 1. The summed E-state index contributed by atoms with van der Waals surface area (Å²) in [7, 11) is -1.94. The van der Waals surface area contributed by atoms with Gasteiger partial charge in [-0.3, -0.25) is 4.68 Å². The van der Waals surface area contributed by atoms with Crippen LogP contribution in [0.3, 0.4) is 0 Å². The van der Waals surface area contributed by atoms with Crippen LogP contribution in [-0.4, -0.2) is 49.3 Å². The van der Waals surface area contributed by atoms with E-state index in [4.69, 9.17) is 5.73 Å². The summed E-state index contributed by atoms with van der Waals surface area (Å²) in [6, 6.07) is 0. The lowest BCUT2D eigenvalue weighted by Crippen LogP contribution is -2.34. The van der Waals surface area contributed by atoms with Crippen LogP contribution in [0.4, 0.5) is 5.82 Å². The fraction of sp³-hybridized carbons (Fsp3) is 0.700. The van der Waals surface area contributed by atoms with Crippen molar-refractivity contribution < 1.29 is 8.42 Å². The summed E-state index contributed by atoms with van der Waals surface area (Å²) in [5.74, 6) is 0.0211. The van der Waals surface area contributed by atoms with E-state index in [0.717, 1.165) is 13.1 Å². The van der Waals surface area contributed by atoms with E-state index in [1.54, 1.807) is 7.05 Å². The number of nitrogen functional groups attached to an aromatic ring is 1. The maximum atomic E-state index is 12.0. The predicted octanol–water partition coefficient (Wildman–Crippen LogP) is -0.378. The highest BCUT2D eigenvalue weighted by molar-refractivity contribution is 7.89. The highest BCUT2D eigenvalue weighted by Crippen LogP contribution is 2.14. The van der Waals surface area contributed by atoms with Gasteiger partial charge in [0.15, 0.2) is 5.82 Å². The van der Waals surface area contributed by atoms with Crippen LogP contribution in [0, 0.1) is 0 Å². The molecule has 0 aromatic carbocycles. The molecule has 1 rings (SSSR count). The number of hydrogen-bond donors (Lipinski definition) is 2. The normalized spacial score (nSPS) is 12.2. The molecule has 0 saturated heterocycles. The Bertz CT molecular complexity index is 478. The zero-order valence-corrected chi connectivity index (χ0v) is 11.9. The highest BCUT2D eigenvalue weighted by atomic mass is 32.2. The van der Waals surface area contributed by atoms with Crippen molar-refractivity contribution in [1.82, 2.24) is 19.4 Å². The Hall–Kier alpha value is -1.12. The minimum Gasteiger partial charge on any atom is -0.381 e. The first-order valence-electron chi connectivity index (χ1n) is 5.91. The summed E-state index contributed by atoms with van der Waals surface area (Å²) >= 11 is 0. The first-order valence-corrected chi connectivity index (χ1v) is 7.40. The van der Waals surface area contributed by atoms with Crippen molar-refractivity contribution in [3.8, 4) is 0 Å². The van der Waals surface area contributed by atoms with E-state index in [1.165, 1.54) is 10.9 Å². The van der Waals surface area contributed by atoms with Crippen molar-refractivity contribution in [2.75, 3.05) is 31.9 Å². The van der Waals surface area contributed by atoms with Gasteiger partial charge < -0.3 is 10.6 Å². The van der Waals surface area contributed by atoms with Crippen LogP contribution >= 0.6 is 0 Å². The van der Waals surface area contributed by atoms with Gasteiger partial charge in [0.25, 0.3) is 0 Å². The molecule has 0 bridgehead atoms. The van der Waals surface area contributed by atoms with E-state index in [2.05, 4.69) is 14.7 Å². The zero-order valence-electron chi connectivity index (χ0n) is 11.0. The van der Waals surface area contributed by atoms with Crippen LogP contribution in [0.25, 0.3) is 0 Å². The molecule has 1 aromatic heterocycles. The SMILES string of the molecule is CCN(CC)CCNS(=O)(=O)c1cn(C)nc1N. The smallest absolute Gasteiger partial charge is 0.245 e. The molecule has 0 radical (unpaired) electrons. The molecule has 0 aliphatic carbocycles. The van der Waals surface area contributed by atoms with Crippen LogP contribution in [0.1, 0.15) is 13.8 Å². The molecule has 1 heterocycles. The lowest BCUT2D eigenvalue weighted by Gasteiger charge is -2.17. The molecule has 0 saturated carbocycles. The summed E-state index contributed by atoms with van der Waals surface area (Å²) in [6.07, 6.45) is 1.40. The van der Waals surface area contributed by atoms with Gasteiger partial charge in [-0.25, -0.2) is 13.1 Å². The fourth-order valence-corrected chi connectivity index (χ4v) is 2.77. The van der Waals surface area contributed by atoms with Crippen LogP contribution in [0.2, 0.25) is 0 Å². The van der Waals surface area contributed by atoms with Gasteiger partial charge in [0, 0.05) is 26.3 Å². The minimum absolute atomic E-state index is 0.0211. The molecule has 0 spiro atoms. The monoisotopic (exact) mass is 275 g/mol. The fourth-order valence-electron chi connectivity index (χ4n) is 1.65. The van der Waals surface area contributed by atoms with Crippen molar-refractivity contribution in [2.24, 2.45) is 7.05 Å². The number of aromatic nitrogens is 2. The van der Waals surface area contributed by atoms with Gasteiger partial charge in [-0.15, -0.1) is 0 Å². The maximum absolute atomic E-state index is 12.0. The minimum atomic E-state index is -3.57. The molecule has 0 aliphatic rings. The molecule has 8 heteroatoms. The van der Waals surface area contributed by atoms with E-state index in [1.807, 2.05) is 13.8 Å². The van der Waals surface area contributed by atoms with Gasteiger partial charge in [-0.1, -0.05) is 13.8 Å². The third-order valence-corrected chi connectivity index (χ3v) is 4.20. The Labute approximate surface area is 108 Å². The van der Waals surface area contributed by atoms with Crippen molar-refractivity contribution in [1.29, 1.82) is 0 Å². The number of sulfonamides is 1. The van der Waals surface area contributed by atoms with E-state index in [0.29, 0.717) is 13.1 Å². The molecule has 0 atom stereocenters. The molecule has 1 aromatic rings. The summed E-state index contributed by atoms with van der Waals surface area (Å²) in [5, 5.41) is 3.82. The van der Waals surface area contributed by atoms with Gasteiger partial charge in [-0.05, 0) is 13.1 Å². The van der Waals surface area contributed by atoms with Gasteiger partial charge in [0.2, 0.25) is 10.0 Å². The molecule has 0 aliphatic heterocycles. The molecular formula is C10H21N5O2S. The highest BCUT2D eigenvalue weighted by Gasteiger charge is 2.20. The third-order valence-electron chi connectivity index (χ3n) is 2.73. The Morgan fingerprint density at radius 2 is 2.06 bits per heavy atom. The van der Waals surface area contributed by atoms with Crippen molar-refractivity contribution in [3.63, 3.8) is 0 Å². The molecule has 0 fully saturated rings. The van der Waals surface area contributed by atoms with Crippen molar-refractivity contribution >= 4 is 15.8 Å². The second kappa shape index (κ2) is 6.17. The Kier molecular flexibility index (Phi) is 5.12. The first kappa shape index (κ1) is 14.9. The molecule has 0 unspecified atom stereocenters. The second-order valence-electron chi connectivity index (χ2n) is 3.98. The Morgan fingerprint density at radius 1 is 1.44 bits per heavy atom. The number of aryl methyl sites for hydroxylation is 1. The summed E-state index contributed by atoms with van der Waals surface area (Å²) in [5.41, 5.74) is 5.55. The molecule has 0 amide bonds. The number of nitrogens with one attached hydrogen (secondary N) is 1. The average Bonchev–Trinajstić information content (AvgIpc) is 2.65. The summed E-state index contributed by atoms with van der Waals surface area (Å²) in [4.78, 5) is 2.17. The van der Waals surface area contributed by atoms with Gasteiger partial charge in [0.05, 0.1) is 0 Å². The molecule has 104 valence electrons. The second-order valence-corrected chi connectivity index (χ2v) is 5.71. The molecular weight excluding hydrogens is 254 g/mol. The number of rotatable bonds is 7. The molecule has 7 nitrogen and oxygen atoms in total. The number of anilines is 1. The number of nitrogens with zero attached hydrogens (tertiary/aromatic N) is 3. The average molecular weight is 275 g/mol. The van der Waals surface area contributed by atoms with E-state index in [9.17, 15) is 8.42 Å². The number of nitrogens with two attached hydrogens (primary N) is 1.